The molecule has 156 valence electrons. The molecule has 0 bridgehead atoms. The Morgan fingerprint density at radius 1 is 1.33 bits per heavy atom. The molecular formula is C18H19N7O4S. The molecule has 0 aliphatic heterocycles. The van der Waals surface area contributed by atoms with Gasteiger partial charge in [0.05, 0.1) is 16.9 Å². The van der Waals surface area contributed by atoms with Crippen LogP contribution in [-0.4, -0.2) is 46.9 Å². The fraction of sp³-hybridized carbons (Fsp3) is 0.389. The first-order chi connectivity index (χ1) is 14.2. The van der Waals surface area contributed by atoms with E-state index >= 15 is 0 Å². The molecule has 0 aromatic carbocycles. The van der Waals surface area contributed by atoms with E-state index in [9.17, 15) is 14.9 Å². The summed E-state index contributed by atoms with van der Waals surface area (Å²) < 4.78 is 8.23. The summed E-state index contributed by atoms with van der Waals surface area (Å²) in [7, 11) is 0. The van der Waals surface area contributed by atoms with Crippen molar-refractivity contribution in [3.63, 3.8) is 0 Å². The molecule has 0 spiro atoms. The molecule has 11 nitrogen and oxygen atoms in total. The molecule has 0 saturated heterocycles. The Morgan fingerprint density at radius 2 is 2.07 bits per heavy atom. The van der Waals surface area contributed by atoms with Crippen LogP contribution in [0.25, 0.3) is 15.9 Å². The normalized spacial score (nSPS) is 12.6. The molecule has 4 rings (SSSR count). The smallest absolute Gasteiger partial charge is 0.348 e. The van der Waals surface area contributed by atoms with Crippen LogP contribution >= 0.6 is 11.3 Å². The number of ether oxygens (including phenoxy) is 1. The number of fused-ring (bicyclic) bond motifs is 3. The molecule has 0 unspecified atom stereocenters. The lowest BCUT2D eigenvalue weighted by Gasteiger charge is -2.09. The number of aryl methyl sites for hydroxylation is 2. The van der Waals surface area contributed by atoms with Crippen LogP contribution in [0.4, 0.5) is 5.69 Å². The van der Waals surface area contributed by atoms with Crippen LogP contribution in [0.3, 0.4) is 0 Å². The molecule has 4 aromatic rings. The van der Waals surface area contributed by atoms with Crippen molar-refractivity contribution in [1.82, 2.24) is 29.4 Å². The van der Waals surface area contributed by atoms with Gasteiger partial charge in [-0.2, -0.15) is 5.10 Å². The molecule has 0 amide bonds. The number of nitrogens with zero attached hydrogens (tertiary/aromatic N) is 7. The summed E-state index contributed by atoms with van der Waals surface area (Å²) >= 11 is 1.25. The maximum Gasteiger partial charge on any atom is 0.348 e. The van der Waals surface area contributed by atoms with Gasteiger partial charge in [0.1, 0.15) is 33.5 Å². The van der Waals surface area contributed by atoms with E-state index in [0.717, 1.165) is 10.9 Å². The first kappa shape index (κ1) is 19.9. The first-order valence-corrected chi connectivity index (χ1v) is 10.1. The Balaban J connectivity index is 1.84. The predicted octanol–water partition coefficient (Wildman–Crippen LogP) is 3.15. The molecule has 4 heterocycles. The molecule has 0 saturated carbocycles. The third-order valence-corrected chi connectivity index (χ3v) is 6.13. The highest BCUT2D eigenvalue weighted by Gasteiger charge is 2.27. The van der Waals surface area contributed by atoms with Crippen LogP contribution in [0.1, 0.15) is 52.3 Å². The van der Waals surface area contributed by atoms with Crippen molar-refractivity contribution in [2.45, 2.75) is 40.7 Å². The lowest BCUT2D eigenvalue weighted by atomic mass is 10.2. The number of nitro groups is 1. The lowest BCUT2D eigenvalue weighted by molar-refractivity contribution is -0.386. The third-order valence-electron chi connectivity index (χ3n) is 4.95. The Morgan fingerprint density at radius 3 is 2.70 bits per heavy atom. The van der Waals surface area contributed by atoms with Gasteiger partial charge in [-0.25, -0.2) is 19.3 Å². The summed E-state index contributed by atoms with van der Waals surface area (Å²) in [6, 6.07) is -0.434. The minimum Gasteiger partial charge on any atom is -0.462 e. The Bertz CT molecular complexity index is 1320. The van der Waals surface area contributed by atoms with Crippen molar-refractivity contribution in [1.29, 1.82) is 0 Å². The molecule has 12 heteroatoms. The average molecular weight is 429 g/mol. The van der Waals surface area contributed by atoms with Crippen LogP contribution in [-0.2, 0) is 4.74 Å². The zero-order valence-electron chi connectivity index (χ0n) is 17.0. The quantitative estimate of drug-likeness (QED) is 0.269. The summed E-state index contributed by atoms with van der Waals surface area (Å²) in [6.07, 6.45) is 1.54. The highest BCUT2D eigenvalue weighted by atomic mass is 32.1. The van der Waals surface area contributed by atoms with E-state index in [0.29, 0.717) is 32.6 Å². The second-order valence-corrected chi connectivity index (χ2v) is 7.84. The molecule has 0 aliphatic carbocycles. The van der Waals surface area contributed by atoms with Gasteiger partial charge in [-0.15, -0.1) is 16.4 Å². The number of carbonyl (C=O) groups excluding carboxylic acids is 1. The van der Waals surface area contributed by atoms with Gasteiger partial charge in [0, 0.05) is 0 Å². The number of hydrogen-bond donors (Lipinski definition) is 0. The molecule has 0 fully saturated rings. The van der Waals surface area contributed by atoms with Crippen molar-refractivity contribution in [2.24, 2.45) is 0 Å². The fourth-order valence-corrected chi connectivity index (χ4v) is 4.56. The van der Waals surface area contributed by atoms with E-state index in [-0.39, 0.29) is 18.3 Å². The Hall–Kier alpha value is -3.41. The van der Waals surface area contributed by atoms with Crippen LogP contribution < -0.4 is 0 Å². The van der Waals surface area contributed by atoms with E-state index < -0.39 is 11.0 Å². The number of rotatable bonds is 5. The second kappa shape index (κ2) is 7.13. The summed E-state index contributed by atoms with van der Waals surface area (Å²) in [6.45, 7) is 8.95. The van der Waals surface area contributed by atoms with Gasteiger partial charge in [-0.1, -0.05) is 0 Å². The monoisotopic (exact) mass is 429 g/mol. The zero-order valence-corrected chi connectivity index (χ0v) is 17.9. The summed E-state index contributed by atoms with van der Waals surface area (Å²) in [5, 5.41) is 20.9. The number of aromatic nitrogens is 6. The van der Waals surface area contributed by atoms with Gasteiger partial charge in [0.2, 0.25) is 0 Å². The van der Waals surface area contributed by atoms with Crippen molar-refractivity contribution in [3.8, 4) is 0 Å². The topological polar surface area (TPSA) is 130 Å². The summed E-state index contributed by atoms with van der Waals surface area (Å²) in [5.74, 6) is 0.0484. The van der Waals surface area contributed by atoms with Gasteiger partial charge in [0.25, 0.3) is 0 Å². The van der Waals surface area contributed by atoms with Crippen molar-refractivity contribution >= 4 is 38.9 Å². The van der Waals surface area contributed by atoms with E-state index in [4.69, 9.17) is 4.74 Å². The molecular weight excluding hydrogens is 410 g/mol. The van der Waals surface area contributed by atoms with Gasteiger partial charge in [0.15, 0.2) is 11.5 Å². The van der Waals surface area contributed by atoms with Crippen molar-refractivity contribution < 1.29 is 14.5 Å². The molecule has 4 aromatic heterocycles. The van der Waals surface area contributed by atoms with Crippen molar-refractivity contribution in [3.05, 3.63) is 44.1 Å². The summed E-state index contributed by atoms with van der Waals surface area (Å²) in [4.78, 5) is 33.3. The third kappa shape index (κ3) is 2.91. The lowest BCUT2D eigenvalue weighted by Crippen LogP contribution is -2.12. The van der Waals surface area contributed by atoms with E-state index in [2.05, 4.69) is 20.2 Å². The van der Waals surface area contributed by atoms with Gasteiger partial charge >= 0.3 is 11.7 Å². The van der Waals surface area contributed by atoms with Gasteiger partial charge in [-0.3, -0.25) is 14.8 Å². The zero-order chi connectivity index (χ0) is 21.7. The largest absolute Gasteiger partial charge is 0.462 e. The number of esters is 1. The summed E-state index contributed by atoms with van der Waals surface area (Å²) in [5.41, 5.74) is 2.05. The van der Waals surface area contributed by atoms with Crippen LogP contribution in [0.15, 0.2) is 6.33 Å². The molecule has 1 atom stereocenters. The maximum atomic E-state index is 12.2. The van der Waals surface area contributed by atoms with E-state index in [1.54, 1.807) is 30.0 Å². The Labute approximate surface area is 174 Å². The molecule has 0 N–H and O–H groups in total. The van der Waals surface area contributed by atoms with Gasteiger partial charge in [-0.05, 0) is 40.2 Å². The molecule has 30 heavy (non-hydrogen) atoms. The predicted molar refractivity (Wildman–Crippen MR) is 109 cm³/mol. The first-order valence-electron chi connectivity index (χ1n) is 9.26. The van der Waals surface area contributed by atoms with Crippen LogP contribution in [0.2, 0.25) is 0 Å². The highest BCUT2D eigenvalue weighted by Crippen LogP contribution is 2.33. The standard InChI is InChI=1S/C18H19N7O4S/c1-6-29-18(26)14-8(2)12-16-20-15(22-23(16)7-19-17(12)30-14)11(5)24-10(4)13(25(27)28)9(3)21-24/h7,11H,6H2,1-5H3/t11-/m1/s1. The SMILES string of the molecule is CCOC(=O)c1sc2ncn3nc([C@@H](C)n4nc(C)c([N+](=O)[O-])c4C)nc3c2c1C. The van der Waals surface area contributed by atoms with Gasteiger partial charge < -0.3 is 4.74 Å². The minimum absolute atomic E-state index is 0.0116. The number of hydrogen-bond acceptors (Lipinski definition) is 9. The molecule has 0 aliphatic rings. The fourth-order valence-electron chi connectivity index (χ4n) is 3.52. The second-order valence-electron chi connectivity index (χ2n) is 6.84. The minimum atomic E-state index is -0.434. The van der Waals surface area contributed by atoms with Crippen molar-refractivity contribution in [2.75, 3.05) is 6.61 Å². The van der Waals surface area contributed by atoms with Crippen LogP contribution in [0, 0.1) is 30.9 Å². The van der Waals surface area contributed by atoms with E-state index in [1.807, 2.05) is 13.8 Å². The number of carbonyl (C=O) groups is 1. The van der Waals surface area contributed by atoms with E-state index in [1.165, 1.54) is 17.7 Å². The average Bonchev–Trinajstić information content (AvgIpc) is 3.34. The molecule has 0 radical (unpaired) electrons. The van der Waals surface area contributed by atoms with Crippen LogP contribution in [0.5, 0.6) is 0 Å². The highest BCUT2D eigenvalue weighted by molar-refractivity contribution is 7.20. The number of thiophene rings is 1. The Kier molecular flexibility index (Phi) is 4.73. The maximum absolute atomic E-state index is 12.2.